The van der Waals surface area contributed by atoms with Crippen molar-refractivity contribution in [3.63, 3.8) is 0 Å². The van der Waals surface area contributed by atoms with Gasteiger partial charge in [-0.3, -0.25) is 9.69 Å². The van der Waals surface area contributed by atoms with Gasteiger partial charge in [0, 0.05) is 10.9 Å². The molecule has 0 unspecified atom stereocenters. The molecule has 1 saturated heterocycles. The highest BCUT2D eigenvalue weighted by Gasteiger charge is 2.54. The Morgan fingerprint density at radius 1 is 1.28 bits per heavy atom. The maximum Gasteiger partial charge on any atom is 0.325 e. The zero-order chi connectivity index (χ0) is 17.4. The molecule has 1 N–H and O–H groups in total. The summed E-state index contributed by atoms with van der Waals surface area (Å²) in [6.07, 6.45) is 3.83. The van der Waals surface area contributed by atoms with E-state index in [0.29, 0.717) is 0 Å². The largest absolute Gasteiger partial charge is 0.325 e. The lowest BCUT2D eigenvalue weighted by Crippen LogP contribution is -2.53. The Morgan fingerprint density at radius 2 is 2.08 bits per heavy atom. The van der Waals surface area contributed by atoms with Crippen molar-refractivity contribution in [1.29, 1.82) is 0 Å². The number of hydrogen-bond donors (Lipinski definition) is 1. The highest BCUT2D eigenvalue weighted by Crippen LogP contribution is 2.38. The Morgan fingerprint density at radius 3 is 2.84 bits per heavy atom. The third kappa shape index (κ3) is 2.74. The monoisotopic (exact) mass is 355 g/mol. The fourth-order valence-electron chi connectivity index (χ4n) is 3.89. The van der Waals surface area contributed by atoms with E-state index in [1.807, 2.05) is 35.7 Å². The molecule has 130 valence electrons. The van der Waals surface area contributed by atoms with Gasteiger partial charge in [-0.05, 0) is 18.8 Å². The average Bonchev–Trinajstić information content (AvgIpc) is 3.18. The standard InChI is InChI=1S/C19H21N3O2S/c1-13-7-5-6-10-19(13)17(23)22(18(24)21-19)11-15-12-25-16(20-15)14-8-3-2-4-9-14/h2-4,8-9,12-13H,5-7,10-11H2,1H3,(H,21,24)/t13-,19+/m1/s1. The molecule has 1 aromatic carbocycles. The SMILES string of the molecule is C[C@@H]1CCCC[C@]12NC(=O)N(Cc1csc(-c3ccccc3)n1)C2=O. The molecule has 2 fully saturated rings. The third-order valence-corrected chi connectivity index (χ3v) is 6.33. The number of hydrogen-bond acceptors (Lipinski definition) is 4. The van der Waals surface area contributed by atoms with Crippen molar-refractivity contribution in [2.45, 2.75) is 44.7 Å². The Kier molecular flexibility index (Phi) is 4.07. The number of benzene rings is 1. The number of amides is 3. The van der Waals surface area contributed by atoms with Gasteiger partial charge >= 0.3 is 6.03 Å². The molecule has 3 amide bonds. The molecule has 1 aliphatic heterocycles. The van der Waals surface area contributed by atoms with Crippen molar-refractivity contribution in [3.05, 3.63) is 41.4 Å². The van der Waals surface area contributed by atoms with E-state index in [9.17, 15) is 9.59 Å². The van der Waals surface area contributed by atoms with Crippen molar-refractivity contribution >= 4 is 23.3 Å². The zero-order valence-corrected chi connectivity index (χ0v) is 15.0. The van der Waals surface area contributed by atoms with Crippen LogP contribution in [0.3, 0.4) is 0 Å². The molecule has 1 spiro atoms. The highest BCUT2D eigenvalue weighted by atomic mass is 32.1. The smallest absolute Gasteiger partial charge is 0.323 e. The molecule has 0 bridgehead atoms. The van der Waals surface area contributed by atoms with E-state index >= 15 is 0 Å². The molecule has 2 atom stereocenters. The second-order valence-corrected chi connectivity index (χ2v) is 7.81. The lowest BCUT2D eigenvalue weighted by atomic mass is 9.73. The minimum Gasteiger partial charge on any atom is -0.323 e. The summed E-state index contributed by atoms with van der Waals surface area (Å²) in [4.78, 5) is 31.4. The zero-order valence-electron chi connectivity index (χ0n) is 14.2. The van der Waals surface area contributed by atoms with E-state index < -0.39 is 5.54 Å². The molecule has 2 aliphatic rings. The van der Waals surface area contributed by atoms with Crippen LogP contribution in [0, 0.1) is 5.92 Å². The van der Waals surface area contributed by atoms with E-state index in [4.69, 9.17) is 0 Å². The van der Waals surface area contributed by atoms with Gasteiger partial charge in [0.15, 0.2) is 0 Å². The number of carbonyl (C=O) groups excluding carboxylic acids is 2. The van der Waals surface area contributed by atoms with E-state index in [0.717, 1.165) is 41.9 Å². The Balaban J connectivity index is 1.54. The molecule has 1 saturated carbocycles. The molecule has 1 aliphatic carbocycles. The van der Waals surface area contributed by atoms with E-state index in [-0.39, 0.29) is 24.4 Å². The highest BCUT2D eigenvalue weighted by molar-refractivity contribution is 7.13. The van der Waals surface area contributed by atoms with Gasteiger partial charge in [-0.2, -0.15) is 0 Å². The quantitative estimate of drug-likeness (QED) is 0.852. The van der Waals surface area contributed by atoms with Crippen molar-refractivity contribution in [2.24, 2.45) is 5.92 Å². The molecule has 25 heavy (non-hydrogen) atoms. The first kappa shape index (κ1) is 16.3. The molecule has 0 radical (unpaired) electrons. The molecule has 1 aromatic heterocycles. The predicted molar refractivity (Wildman–Crippen MR) is 97.0 cm³/mol. The summed E-state index contributed by atoms with van der Waals surface area (Å²) in [7, 11) is 0. The van der Waals surface area contributed by atoms with Gasteiger partial charge in [0.2, 0.25) is 0 Å². The summed E-state index contributed by atoms with van der Waals surface area (Å²) in [5.41, 5.74) is 1.11. The normalized spacial score (nSPS) is 26.3. The van der Waals surface area contributed by atoms with Crippen LogP contribution in [0.15, 0.2) is 35.7 Å². The number of urea groups is 1. The van der Waals surface area contributed by atoms with Crippen LogP contribution in [0.1, 0.15) is 38.3 Å². The van der Waals surface area contributed by atoms with Crippen LogP contribution in [0.25, 0.3) is 10.6 Å². The van der Waals surface area contributed by atoms with Crippen molar-refractivity contribution in [2.75, 3.05) is 0 Å². The van der Waals surface area contributed by atoms with Crippen molar-refractivity contribution in [3.8, 4) is 10.6 Å². The number of aromatic nitrogens is 1. The molecular weight excluding hydrogens is 334 g/mol. The van der Waals surface area contributed by atoms with E-state index in [2.05, 4.69) is 17.2 Å². The topological polar surface area (TPSA) is 62.3 Å². The summed E-state index contributed by atoms with van der Waals surface area (Å²) in [5, 5.41) is 5.83. The minimum atomic E-state index is -0.701. The number of nitrogens with one attached hydrogen (secondary N) is 1. The first-order valence-corrected chi connectivity index (χ1v) is 9.62. The van der Waals surface area contributed by atoms with E-state index in [1.54, 1.807) is 0 Å². The Bertz CT molecular complexity index is 804. The Hall–Kier alpha value is -2.21. The fourth-order valence-corrected chi connectivity index (χ4v) is 4.71. The molecule has 6 heteroatoms. The van der Waals surface area contributed by atoms with Crippen LogP contribution in [0.5, 0.6) is 0 Å². The number of thiazole rings is 1. The van der Waals surface area contributed by atoms with Gasteiger partial charge in [0.05, 0.1) is 12.2 Å². The predicted octanol–water partition coefficient (Wildman–Crippen LogP) is 3.81. The lowest BCUT2D eigenvalue weighted by Gasteiger charge is -2.36. The average molecular weight is 355 g/mol. The summed E-state index contributed by atoms with van der Waals surface area (Å²) >= 11 is 1.54. The molecule has 2 aromatic rings. The number of imide groups is 1. The summed E-state index contributed by atoms with van der Waals surface area (Å²) < 4.78 is 0. The second kappa shape index (κ2) is 6.26. The van der Waals surface area contributed by atoms with Gasteiger partial charge in [0.1, 0.15) is 10.5 Å². The van der Waals surface area contributed by atoms with Gasteiger partial charge in [0.25, 0.3) is 5.91 Å². The first-order valence-electron chi connectivity index (χ1n) is 8.74. The van der Waals surface area contributed by atoms with Crippen LogP contribution in [0.2, 0.25) is 0 Å². The molecular formula is C19H21N3O2S. The van der Waals surface area contributed by atoms with Gasteiger partial charge < -0.3 is 5.32 Å². The summed E-state index contributed by atoms with van der Waals surface area (Å²) in [5.74, 6) is 0.0944. The maximum absolute atomic E-state index is 13.0. The maximum atomic E-state index is 13.0. The number of nitrogens with zero attached hydrogens (tertiary/aromatic N) is 2. The van der Waals surface area contributed by atoms with Crippen molar-refractivity contribution in [1.82, 2.24) is 15.2 Å². The lowest BCUT2D eigenvalue weighted by molar-refractivity contribution is -0.134. The van der Waals surface area contributed by atoms with Gasteiger partial charge in [-0.25, -0.2) is 9.78 Å². The Labute approximate surface area is 151 Å². The van der Waals surface area contributed by atoms with Crippen LogP contribution in [-0.2, 0) is 11.3 Å². The fraction of sp³-hybridized carbons (Fsp3) is 0.421. The number of rotatable bonds is 3. The molecule has 2 heterocycles. The minimum absolute atomic E-state index is 0.0843. The molecule has 4 rings (SSSR count). The second-order valence-electron chi connectivity index (χ2n) is 6.95. The van der Waals surface area contributed by atoms with Crippen LogP contribution >= 0.6 is 11.3 Å². The molecule has 5 nitrogen and oxygen atoms in total. The van der Waals surface area contributed by atoms with Crippen LogP contribution < -0.4 is 5.32 Å². The number of carbonyl (C=O) groups is 2. The van der Waals surface area contributed by atoms with Crippen molar-refractivity contribution < 1.29 is 9.59 Å². The summed E-state index contributed by atoms with van der Waals surface area (Å²) in [6, 6.07) is 9.65. The van der Waals surface area contributed by atoms with Crippen LogP contribution in [0.4, 0.5) is 4.79 Å². The van der Waals surface area contributed by atoms with Crippen LogP contribution in [-0.4, -0.2) is 27.4 Å². The summed E-state index contributed by atoms with van der Waals surface area (Å²) in [6.45, 7) is 2.31. The third-order valence-electron chi connectivity index (χ3n) is 5.39. The first-order chi connectivity index (χ1) is 12.1. The van der Waals surface area contributed by atoms with Gasteiger partial charge in [-0.1, -0.05) is 50.1 Å². The van der Waals surface area contributed by atoms with Gasteiger partial charge in [-0.15, -0.1) is 11.3 Å². The van der Waals surface area contributed by atoms with E-state index in [1.165, 1.54) is 16.2 Å².